The number of carbonyl (C=O) groups excluding carboxylic acids is 1. The van der Waals surface area contributed by atoms with Crippen LogP contribution in [0, 0.1) is 0 Å². The molecule has 0 unspecified atom stereocenters. The monoisotopic (exact) mass is 215 g/mol. The molecule has 0 aliphatic carbocycles. The van der Waals surface area contributed by atoms with E-state index in [0.717, 1.165) is 0 Å². The molecule has 0 heterocycles. The largest absolute Gasteiger partial charge is 0.462 e. The molecule has 0 amide bonds. The lowest BCUT2D eigenvalue weighted by Gasteiger charge is -2.07. The van der Waals surface area contributed by atoms with Crippen molar-refractivity contribution in [2.24, 2.45) is 0 Å². The van der Waals surface area contributed by atoms with Crippen LogP contribution in [0.15, 0.2) is 18.2 Å². The molecule has 0 radical (unpaired) electrons. The highest BCUT2D eigenvalue weighted by molar-refractivity contribution is 6.36. The number of benzene rings is 1. The van der Waals surface area contributed by atoms with Crippen LogP contribution in [0.4, 0.5) is 5.69 Å². The van der Waals surface area contributed by atoms with Crippen molar-refractivity contribution in [1.29, 1.82) is 0 Å². The van der Waals surface area contributed by atoms with Gasteiger partial charge in [-0.1, -0.05) is 17.7 Å². The summed E-state index contributed by atoms with van der Waals surface area (Å²) in [6, 6.07) is 4.67. The Morgan fingerprint density at radius 2 is 2.36 bits per heavy atom. The normalized spacial score (nSPS) is 9.64. The lowest BCUT2D eigenvalue weighted by atomic mass is 10.2. The van der Waals surface area contributed by atoms with Gasteiger partial charge in [0, 0.05) is 0 Å². The fourth-order valence-electron chi connectivity index (χ4n) is 0.985. The standard InChI is InChI=1S/C9H10ClNO3/c1-2-14-9(12)6-4-3-5-7(11-13)8(6)10/h3-5,11,13H,2H2,1H3. The molecule has 14 heavy (non-hydrogen) atoms. The Labute approximate surface area is 86.4 Å². The van der Waals surface area contributed by atoms with Gasteiger partial charge in [0.1, 0.15) is 0 Å². The van der Waals surface area contributed by atoms with Gasteiger partial charge in [-0.3, -0.25) is 10.7 Å². The maximum atomic E-state index is 11.3. The molecule has 0 atom stereocenters. The molecule has 1 aromatic rings. The predicted molar refractivity (Wildman–Crippen MR) is 52.8 cm³/mol. The molecular formula is C9H10ClNO3. The van der Waals surface area contributed by atoms with E-state index in [0.29, 0.717) is 0 Å². The number of halogens is 1. The van der Waals surface area contributed by atoms with Crippen molar-refractivity contribution in [3.63, 3.8) is 0 Å². The molecule has 0 saturated heterocycles. The fraction of sp³-hybridized carbons (Fsp3) is 0.222. The van der Waals surface area contributed by atoms with Gasteiger partial charge in [0.15, 0.2) is 0 Å². The molecule has 5 heteroatoms. The summed E-state index contributed by atoms with van der Waals surface area (Å²) in [5, 5.41) is 8.81. The molecular weight excluding hydrogens is 206 g/mol. The number of esters is 1. The van der Waals surface area contributed by atoms with Crippen LogP contribution >= 0.6 is 11.6 Å². The van der Waals surface area contributed by atoms with Crippen molar-refractivity contribution in [2.45, 2.75) is 6.92 Å². The molecule has 2 N–H and O–H groups in total. The van der Waals surface area contributed by atoms with E-state index in [4.69, 9.17) is 21.5 Å². The van der Waals surface area contributed by atoms with E-state index in [-0.39, 0.29) is 22.9 Å². The Balaban J connectivity index is 3.03. The Morgan fingerprint density at radius 1 is 1.64 bits per heavy atom. The first-order valence-electron chi connectivity index (χ1n) is 4.06. The SMILES string of the molecule is CCOC(=O)c1cccc(NO)c1Cl. The number of carbonyl (C=O) groups is 1. The van der Waals surface area contributed by atoms with Gasteiger partial charge in [0.2, 0.25) is 0 Å². The van der Waals surface area contributed by atoms with E-state index < -0.39 is 5.97 Å². The first-order valence-corrected chi connectivity index (χ1v) is 4.44. The van der Waals surface area contributed by atoms with E-state index >= 15 is 0 Å². The lowest BCUT2D eigenvalue weighted by molar-refractivity contribution is 0.0526. The average Bonchev–Trinajstić information content (AvgIpc) is 2.18. The van der Waals surface area contributed by atoms with Crippen molar-refractivity contribution in [2.75, 3.05) is 12.1 Å². The summed E-state index contributed by atoms with van der Waals surface area (Å²) in [7, 11) is 0. The topological polar surface area (TPSA) is 58.6 Å². The number of ether oxygens (including phenoxy) is 1. The minimum Gasteiger partial charge on any atom is -0.462 e. The Morgan fingerprint density at radius 3 is 2.93 bits per heavy atom. The second-order valence-corrected chi connectivity index (χ2v) is 2.88. The average molecular weight is 216 g/mol. The molecule has 0 fully saturated rings. The smallest absolute Gasteiger partial charge is 0.339 e. The third kappa shape index (κ3) is 2.16. The van der Waals surface area contributed by atoms with E-state index in [1.165, 1.54) is 6.07 Å². The van der Waals surface area contributed by atoms with Gasteiger partial charge in [0.05, 0.1) is 22.9 Å². The van der Waals surface area contributed by atoms with Crippen molar-refractivity contribution < 1.29 is 14.7 Å². The van der Waals surface area contributed by atoms with Crippen molar-refractivity contribution in [1.82, 2.24) is 0 Å². The summed E-state index contributed by atoms with van der Waals surface area (Å²) in [6.07, 6.45) is 0. The minimum atomic E-state index is -0.505. The van der Waals surface area contributed by atoms with Gasteiger partial charge in [-0.2, -0.15) is 0 Å². The molecule has 0 aromatic heterocycles. The summed E-state index contributed by atoms with van der Waals surface area (Å²) in [6.45, 7) is 1.99. The second kappa shape index (κ2) is 4.83. The zero-order chi connectivity index (χ0) is 10.6. The third-order valence-electron chi connectivity index (χ3n) is 1.61. The van der Waals surface area contributed by atoms with Crippen LogP contribution in [0.5, 0.6) is 0 Å². The van der Waals surface area contributed by atoms with Crippen molar-refractivity contribution in [3.05, 3.63) is 28.8 Å². The van der Waals surface area contributed by atoms with E-state index in [9.17, 15) is 4.79 Å². The first-order chi connectivity index (χ1) is 6.70. The Kier molecular flexibility index (Phi) is 3.73. The molecule has 0 aliphatic heterocycles. The molecule has 4 nitrogen and oxygen atoms in total. The quantitative estimate of drug-likeness (QED) is 0.600. The Bertz CT molecular complexity index is 341. The summed E-state index contributed by atoms with van der Waals surface area (Å²) in [5.41, 5.74) is 2.40. The van der Waals surface area contributed by atoms with Crippen molar-refractivity contribution >= 4 is 23.3 Å². The molecule has 1 aromatic carbocycles. The molecule has 76 valence electrons. The van der Waals surface area contributed by atoms with Crippen LogP contribution < -0.4 is 5.48 Å². The first kappa shape index (κ1) is 10.8. The summed E-state index contributed by atoms with van der Waals surface area (Å²) < 4.78 is 4.78. The predicted octanol–water partition coefficient (Wildman–Crippen LogP) is 2.32. The van der Waals surface area contributed by atoms with Gasteiger partial charge >= 0.3 is 5.97 Å². The molecule has 0 spiro atoms. The van der Waals surface area contributed by atoms with Crippen LogP contribution in [-0.2, 0) is 4.74 Å². The fourth-order valence-corrected chi connectivity index (χ4v) is 1.23. The number of nitrogens with one attached hydrogen (secondary N) is 1. The zero-order valence-corrected chi connectivity index (χ0v) is 8.34. The summed E-state index contributed by atoms with van der Waals surface area (Å²) in [4.78, 5) is 11.3. The molecule has 0 saturated carbocycles. The van der Waals surface area contributed by atoms with Crippen LogP contribution in [0.3, 0.4) is 0 Å². The van der Waals surface area contributed by atoms with Gasteiger partial charge in [-0.25, -0.2) is 4.79 Å². The van der Waals surface area contributed by atoms with Crippen LogP contribution in [0.25, 0.3) is 0 Å². The summed E-state index contributed by atoms with van der Waals surface area (Å²) in [5.74, 6) is -0.505. The van der Waals surface area contributed by atoms with Crippen LogP contribution in [0.2, 0.25) is 5.02 Å². The molecule has 0 bridgehead atoms. The highest BCUT2D eigenvalue weighted by Crippen LogP contribution is 2.25. The lowest BCUT2D eigenvalue weighted by Crippen LogP contribution is -2.06. The zero-order valence-electron chi connectivity index (χ0n) is 7.58. The highest BCUT2D eigenvalue weighted by Gasteiger charge is 2.13. The van der Waals surface area contributed by atoms with E-state index in [1.807, 2.05) is 5.48 Å². The van der Waals surface area contributed by atoms with E-state index in [2.05, 4.69) is 0 Å². The maximum absolute atomic E-state index is 11.3. The van der Waals surface area contributed by atoms with E-state index in [1.54, 1.807) is 19.1 Å². The minimum absolute atomic E-state index is 0.147. The van der Waals surface area contributed by atoms with Crippen molar-refractivity contribution in [3.8, 4) is 0 Å². The van der Waals surface area contributed by atoms with Crippen LogP contribution in [-0.4, -0.2) is 17.8 Å². The highest BCUT2D eigenvalue weighted by atomic mass is 35.5. The van der Waals surface area contributed by atoms with Crippen LogP contribution in [0.1, 0.15) is 17.3 Å². The summed E-state index contributed by atoms with van der Waals surface area (Å²) >= 11 is 5.82. The number of rotatable bonds is 3. The Hall–Kier alpha value is -1.26. The van der Waals surface area contributed by atoms with Gasteiger partial charge in [-0.05, 0) is 19.1 Å². The number of anilines is 1. The molecule has 1 rings (SSSR count). The molecule has 0 aliphatic rings. The second-order valence-electron chi connectivity index (χ2n) is 2.50. The van der Waals surface area contributed by atoms with Gasteiger partial charge in [0.25, 0.3) is 0 Å². The maximum Gasteiger partial charge on any atom is 0.339 e. The number of hydrogen-bond donors (Lipinski definition) is 2. The van der Waals surface area contributed by atoms with Gasteiger partial charge in [-0.15, -0.1) is 0 Å². The van der Waals surface area contributed by atoms with Gasteiger partial charge < -0.3 is 4.74 Å². The third-order valence-corrected chi connectivity index (χ3v) is 2.02. The number of hydrogen-bond acceptors (Lipinski definition) is 4.